The van der Waals surface area contributed by atoms with Crippen molar-refractivity contribution in [2.24, 2.45) is 0 Å². The summed E-state index contributed by atoms with van der Waals surface area (Å²) in [6.45, 7) is 1.24. The Bertz CT molecular complexity index is 581. The van der Waals surface area contributed by atoms with E-state index in [9.17, 15) is 31.7 Å². The van der Waals surface area contributed by atoms with E-state index in [2.05, 4.69) is 4.18 Å². The summed E-state index contributed by atoms with van der Waals surface area (Å²) in [5, 5.41) is 10.6. The van der Waals surface area contributed by atoms with Crippen LogP contribution in [0.4, 0.5) is 18.9 Å². The SMILES string of the molecule is Cc1cccc(OS(=O)(=O)C(F)(F)F)c1[N+](=O)[O-]. The van der Waals surface area contributed by atoms with Crippen LogP contribution in [0.15, 0.2) is 18.2 Å². The van der Waals surface area contributed by atoms with Crippen molar-refractivity contribution in [1.82, 2.24) is 0 Å². The minimum absolute atomic E-state index is 0.0186. The number of nitrogens with zero attached hydrogens (tertiary/aromatic N) is 1. The van der Waals surface area contributed by atoms with Crippen molar-refractivity contribution in [2.45, 2.75) is 12.4 Å². The summed E-state index contributed by atoms with van der Waals surface area (Å²) in [6, 6.07) is 3.16. The van der Waals surface area contributed by atoms with Crippen molar-refractivity contribution in [3.05, 3.63) is 33.9 Å². The third-order valence-electron chi connectivity index (χ3n) is 1.87. The second-order valence-corrected chi connectivity index (χ2v) is 4.70. The highest BCUT2D eigenvalue weighted by atomic mass is 32.2. The van der Waals surface area contributed by atoms with Crippen LogP contribution in [-0.2, 0) is 10.1 Å². The summed E-state index contributed by atoms with van der Waals surface area (Å²) in [4.78, 5) is 9.61. The van der Waals surface area contributed by atoms with Crippen molar-refractivity contribution >= 4 is 15.8 Å². The molecule has 0 saturated carbocycles. The molecule has 0 aliphatic heterocycles. The van der Waals surface area contributed by atoms with Crippen LogP contribution < -0.4 is 4.18 Å². The van der Waals surface area contributed by atoms with Gasteiger partial charge in [0.15, 0.2) is 0 Å². The Morgan fingerprint density at radius 1 is 1.33 bits per heavy atom. The standard InChI is InChI=1S/C8H6F3NO5S/c1-5-3-2-4-6(7(5)12(13)14)17-18(15,16)8(9,10)11/h2-4H,1H3. The van der Waals surface area contributed by atoms with E-state index >= 15 is 0 Å². The average Bonchev–Trinajstić information content (AvgIpc) is 2.14. The first-order valence-corrected chi connectivity index (χ1v) is 5.72. The zero-order valence-electron chi connectivity index (χ0n) is 8.76. The fraction of sp³-hybridized carbons (Fsp3) is 0.250. The molecule has 100 valence electrons. The number of nitro groups is 1. The number of rotatable bonds is 3. The van der Waals surface area contributed by atoms with Crippen LogP contribution in [0.2, 0.25) is 0 Å². The lowest BCUT2D eigenvalue weighted by Crippen LogP contribution is -2.28. The van der Waals surface area contributed by atoms with Gasteiger partial charge in [0.1, 0.15) is 0 Å². The molecular weight excluding hydrogens is 279 g/mol. The molecule has 1 aromatic rings. The summed E-state index contributed by atoms with van der Waals surface area (Å²) in [6.07, 6.45) is 0. The second-order valence-electron chi connectivity index (χ2n) is 3.16. The van der Waals surface area contributed by atoms with E-state index in [-0.39, 0.29) is 5.56 Å². The fourth-order valence-corrected chi connectivity index (χ4v) is 1.56. The van der Waals surface area contributed by atoms with Crippen LogP contribution in [0.1, 0.15) is 5.56 Å². The van der Waals surface area contributed by atoms with Gasteiger partial charge < -0.3 is 4.18 Å². The molecule has 0 aliphatic carbocycles. The number of para-hydroxylation sites is 1. The zero-order valence-corrected chi connectivity index (χ0v) is 9.58. The molecule has 0 radical (unpaired) electrons. The Morgan fingerprint density at radius 2 is 1.89 bits per heavy atom. The minimum Gasteiger partial charge on any atom is -0.369 e. The van der Waals surface area contributed by atoms with Crippen molar-refractivity contribution in [3.8, 4) is 5.75 Å². The maximum atomic E-state index is 12.1. The number of benzene rings is 1. The van der Waals surface area contributed by atoms with Gasteiger partial charge in [-0.05, 0) is 13.0 Å². The van der Waals surface area contributed by atoms with E-state index in [0.717, 1.165) is 12.1 Å². The van der Waals surface area contributed by atoms with Crippen LogP contribution in [0.5, 0.6) is 5.75 Å². The van der Waals surface area contributed by atoms with Gasteiger partial charge in [-0.2, -0.15) is 21.6 Å². The maximum absolute atomic E-state index is 12.1. The van der Waals surface area contributed by atoms with Gasteiger partial charge in [-0.1, -0.05) is 12.1 Å². The van der Waals surface area contributed by atoms with Gasteiger partial charge in [0.25, 0.3) is 0 Å². The van der Waals surface area contributed by atoms with Crippen molar-refractivity contribution in [3.63, 3.8) is 0 Å². The molecule has 0 fully saturated rings. The highest BCUT2D eigenvalue weighted by Crippen LogP contribution is 2.34. The molecule has 0 unspecified atom stereocenters. The largest absolute Gasteiger partial charge is 0.534 e. The lowest BCUT2D eigenvalue weighted by molar-refractivity contribution is -0.386. The molecule has 0 aliphatic rings. The molecule has 0 spiro atoms. The van der Waals surface area contributed by atoms with Gasteiger partial charge >= 0.3 is 21.3 Å². The van der Waals surface area contributed by atoms with E-state index in [0.29, 0.717) is 0 Å². The van der Waals surface area contributed by atoms with E-state index in [4.69, 9.17) is 0 Å². The Hall–Kier alpha value is -1.84. The average molecular weight is 285 g/mol. The van der Waals surface area contributed by atoms with Crippen molar-refractivity contribution in [2.75, 3.05) is 0 Å². The van der Waals surface area contributed by atoms with E-state index in [1.54, 1.807) is 0 Å². The van der Waals surface area contributed by atoms with Gasteiger partial charge in [-0.15, -0.1) is 0 Å². The van der Waals surface area contributed by atoms with Gasteiger partial charge in [0.05, 0.1) is 4.92 Å². The molecule has 10 heteroatoms. The minimum atomic E-state index is -5.93. The number of alkyl halides is 3. The summed E-state index contributed by atoms with van der Waals surface area (Å²) >= 11 is 0. The Kier molecular flexibility index (Phi) is 3.51. The third kappa shape index (κ3) is 2.70. The molecule has 0 saturated heterocycles. The molecule has 1 aromatic carbocycles. The summed E-state index contributed by atoms with van der Waals surface area (Å²) in [5.41, 5.74) is -6.50. The van der Waals surface area contributed by atoms with Crippen LogP contribution in [0.3, 0.4) is 0 Å². The van der Waals surface area contributed by atoms with Gasteiger partial charge in [-0.3, -0.25) is 10.1 Å². The normalized spacial score (nSPS) is 12.2. The van der Waals surface area contributed by atoms with E-state index < -0.39 is 32.0 Å². The lowest BCUT2D eigenvalue weighted by atomic mass is 10.2. The predicted octanol–water partition coefficient (Wildman–Crippen LogP) is 2.13. The number of aryl methyl sites for hydroxylation is 1. The van der Waals surface area contributed by atoms with E-state index in [1.807, 2.05) is 0 Å². The molecule has 18 heavy (non-hydrogen) atoms. The summed E-state index contributed by atoms with van der Waals surface area (Å²) < 4.78 is 61.4. The van der Waals surface area contributed by atoms with Crippen LogP contribution >= 0.6 is 0 Å². The first-order valence-electron chi connectivity index (χ1n) is 4.31. The lowest BCUT2D eigenvalue weighted by Gasteiger charge is -2.10. The number of halogens is 3. The molecule has 0 atom stereocenters. The second kappa shape index (κ2) is 4.44. The molecule has 0 heterocycles. The van der Waals surface area contributed by atoms with Gasteiger partial charge in [0, 0.05) is 5.56 Å². The molecule has 0 amide bonds. The zero-order chi connectivity index (χ0) is 14.1. The first kappa shape index (κ1) is 14.2. The molecule has 1 rings (SSSR count). The highest BCUT2D eigenvalue weighted by molar-refractivity contribution is 7.88. The first-order chi connectivity index (χ1) is 8.06. The predicted molar refractivity (Wildman–Crippen MR) is 53.4 cm³/mol. The van der Waals surface area contributed by atoms with Crippen LogP contribution in [0, 0.1) is 17.0 Å². The quantitative estimate of drug-likeness (QED) is 0.367. The Morgan fingerprint density at radius 3 is 2.33 bits per heavy atom. The van der Waals surface area contributed by atoms with Crippen molar-refractivity contribution in [1.29, 1.82) is 0 Å². The number of hydrogen-bond donors (Lipinski definition) is 0. The molecule has 0 N–H and O–H groups in total. The Labute approximate surface area is 99.3 Å². The molecule has 6 nitrogen and oxygen atoms in total. The van der Waals surface area contributed by atoms with Crippen molar-refractivity contribution < 1.29 is 30.7 Å². The maximum Gasteiger partial charge on any atom is 0.534 e. The highest BCUT2D eigenvalue weighted by Gasteiger charge is 2.49. The number of hydrogen-bond acceptors (Lipinski definition) is 5. The van der Waals surface area contributed by atoms with E-state index in [1.165, 1.54) is 13.0 Å². The van der Waals surface area contributed by atoms with Crippen LogP contribution in [0.25, 0.3) is 0 Å². The van der Waals surface area contributed by atoms with Gasteiger partial charge in [0.2, 0.25) is 5.75 Å². The summed E-state index contributed by atoms with van der Waals surface area (Å²) in [5.74, 6) is -0.975. The Balaban J connectivity index is 3.30. The fourth-order valence-electron chi connectivity index (χ4n) is 1.10. The molecule has 0 bridgehead atoms. The smallest absolute Gasteiger partial charge is 0.369 e. The molecule has 0 aromatic heterocycles. The van der Waals surface area contributed by atoms with Crippen LogP contribution in [-0.4, -0.2) is 18.8 Å². The molecular formula is C8H6F3NO5S. The third-order valence-corrected chi connectivity index (χ3v) is 2.83. The summed E-state index contributed by atoms with van der Waals surface area (Å²) in [7, 11) is -5.93. The topological polar surface area (TPSA) is 86.5 Å². The number of nitro benzene ring substituents is 1. The monoisotopic (exact) mass is 285 g/mol. The van der Waals surface area contributed by atoms with Gasteiger partial charge in [-0.25, -0.2) is 0 Å².